The van der Waals surface area contributed by atoms with E-state index in [1.54, 1.807) is 39.9 Å². The summed E-state index contributed by atoms with van der Waals surface area (Å²) in [6, 6.07) is 8.53. The minimum Gasteiger partial charge on any atom is -0.493 e. The van der Waals surface area contributed by atoms with Crippen LogP contribution in [0, 0.1) is 0 Å². The minimum absolute atomic E-state index is 0.0844. The van der Waals surface area contributed by atoms with Gasteiger partial charge in [0.05, 0.1) is 43.3 Å². The predicted molar refractivity (Wildman–Crippen MR) is 155 cm³/mol. The first kappa shape index (κ1) is 29.1. The molecule has 2 aliphatic rings. The lowest BCUT2D eigenvalue weighted by molar-refractivity contribution is 0.0723. The van der Waals surface area contributed by atoms with Crippen molar-refractivity contribution in [2.24, 2.45) is 0 Å². The fourth-order valence-corrected chi connectivity index (χ4v) is 7.54. The fraction of sp³-hybridized carbons (Fsp3) is 0.467. The molecule has 41 heavy (non-hydrogen) atoms. The van der Waals surface area contributed by atoms with Crippen molar-refractivity contribution in [1.29, 1.82) is 0 Å². The van der Waals surface area contributed by atoms with E-state index in [4.69, 9.17) is 14.2 Å². The van der Waals surface area contributed by atoms with Gasteiger partial charge in [-0.15, -0.1) is 0 Å². The van der Waals surface area contributed by atoms with Gasteiger partial charge in [-0.05, 0) is 48.6 Å². The van der Waals surface area contributed by atoms with Crippen molar-refractivity contribution in [2.75, 3.05) is 47.1 Å². The molecule has 0 spiro atoms. The zero-order valence-electron chi connectivity index (χ0n) is 24.0. The third-order valence-corrected chi connectivity index (χ3v) is 10.2. The molecule has 0 saturated carbocycles. The molecule has 3 heterocycles. The van der Waals surface area contributed by atoms with E-state index in [1.807, 2.05) is 19.9 Å². The van der Waals surface area contributed by atoms with Crippen LogP contribution in [-0.4, -0.2) is 75.2 Å². The quantitative estimate of drug-likeness (QED) is 0.399. The molecule has 0 atom stereocenters. The Bertz CT molecular complexity index is 1620. The highest BCUT2D eigenvalue weighted by molar-refractivity contribution is 7.89. The molecule has 1 aromatic heterocycles. The van der Waals surface area contributed by atoms with Crippen molar-refractivity contribution >= 4 is 26.7 Å². The van der Waals surface area contributed by atoms with E-state index in [0.717, 1.165) is 18.4 Å². The number of methoxy groups -OCH3 is 2. The number of amides is 1. The van der Waals surface area contributed by atoms with Crippen molar-refractivity contribution < 1.29 is 27.4 Å². The summed E-state index contributed by atoms with van der Waals surface area (Å²) in [5.41, 5.74) is 1.72. The molecule has 2 aliphatic heterocycles. The summed E-state index contributed by atoms with van der Waals surface area (Å²) in [5.74, 6) is 0.547. The van der Waals surface area contributed by atoms with Gasteiger partial charge in [0.2, 0.25) is 10.0 Å². The molecule has 1 fully saturated rings. The molecule has 0 radical (unpaired) electrons. The van der Waals surface area contributed by atoms with Crippen LogP contribution in [0.5, 0.6) is 11.5 Å². The van der Waals surface area contributed by atoms with E-state index in [0.29, 0.717) is 72.7 Å². The third kappa shape index (κ3) is 5.22. The first-order chi connectivity index (χ1) is 19.7. The number of ether oxygens (including phenoxy) is 3. The highest BCUT2D eigenvalue weighted by Crippen LogP contribution is 2.35. The Kier molecular flexibility index (Phi) is 8.40. The van der Waals surface area contributed by atoms with Crippen molar-refractivity contribution in [3.63, 3.8) is 0 Å². The normalized spacial score (nSPS) is 16.2. The van der Waals surface area contributed by atoms with Gasteiger partial charge in [0, 0.05) is 43.8 Å². The molecule has 0 bridgehead atoms. The van der Waals surface area contributed by atoms with Crippen LogP contribution in [0.15, 0.2) is 46.2 Å². The van der Waals surface area contributed by atoms with Gasteiger partial charge in [-0.1, -0.05) is 26.0 Å². The van der Waals surface area contributed by atoms with Crippen molar-refractivity contribution in [3.8, 4) is 11.5 Å². The molecule has 3 aromatic rings. The highest BCUT2D eigenvalue weighted by Gasteiger charge is 2.33. The smallest absolute Gasteiger partial charge is 0.258 e. The molecule has 220 valence electrons. The summed E-state index contributed by atoms with van der Waals surface area (Å²) in [5, 5.41) is 0.841. The zero-order valence-corrected chi connectivity index (χ0v) is 24.8. The number of nitrogens with zero attached hydrogens (tertiary/aromatic N) is 3. The van der Waals surface area contributed by atoms with Gasteiger partial charge in [-0.25, -0.2) is 8.42 Å². The Morgan fingerprint density at radius 1 is 1.00 bits per heavy atom. The second-order valence-electron chi connectivity index (χ2n) is 10.4. The Morgan fingerprint density at radius 3 is 2.29 bits per heavy atom. The van der Waals surface area contributed by atoms with E-state index in [-0.39, 0.29) is 28.9 Å². The van der Waals surface area contributed by atoms with Crippen LogP contribution in [0.25, 0.3) is 10.8 Å². The number of hydrogen-bond donors (Lipinski definition) is 0. The number of rotatable bonds is 8. The SMILES string of the molecule is CCC(CC)n1cc(C(=O)N2CCc3cccc(S(=O)(=O)N4CCOCC4)c3C2)c2cc(OC)c(OC)cc2c1=O. The Balaban J connectivity index is 1.61. The average molecular weight is 584 g/mol. The average Bonchev–Trinajstić information content (AvgIpc) is 3.01. The molecule has 0 N–H and O–H groups in total. The van der Waals surface area contributed by atoms with Crippen molar-refractivity contribution in [2.45, 2.75) is 50.6 Å². The van der Waals surface area contributed by atoms with Gasteiger partial charge < -0.3 is 23.7 Å². The van der Waals surface area contributed by atoms with Gasteiger partial charge in [-0.2, -0.15) is 4.31 Å². The van der Waals surface area contributed by atoms with Crippen molar-refractivity contribution in [1.82, 2.24) is 13.8 Å². The number of carbonyl (C=O) groups excluding carboxylic acids is 1. The predicted octanol–water partition coefficient (Wildman–Crippen LogP) is 3.60. The van der Waals surface area contributed by atoms with Crippen LogP contribution < -0.4 is 15.0 Å². The summed E-state index contributed by atoms with van der Waals surface area (Å²) < 4.78 is 46.7. The van der Waals surface area contributed by atoms with Crippen LogP contribution in [0.3, 0.4) is 0 Å². The lowest BCUT2D eigenvalue weighted by Crippen LogP contribution is -2.42. The summed E-state index contributed by atoms with van der Waals surface area (Å²) in [7, 11) is -0.745. The second-order valence-corrected chi connectivity index (χ2v) is 12.3. The van der Waals surface area contributed by atoms with E-state index < -0.39 is 10.0 Å². The number of hydrogen-bond acceptors (Lipinski definition) is 7. The second kappa shape index (κ2) is 11.8. The molecule has 0 unspecified atom stereocenters. The maximum atomic E-state index is 14.3. The van der Waals surface area contributed by atoms with Crippen LogP contribution in [0.4, 0.5) is 0 Å². The Morgan fingerprint density at radius 2 is 1.66 bits per heavy atom. The Hall–Kier alpha value is -3.41. The zero-order chi connectivity index (χ0) is 29.3. The number of aromatic nitrogens is 1. The van der Waals surface area contributed by atoms with Crippen molar-refractivity contribution in [3.05, 3.63) is 63.6 Å². The van der Waals surface area contributed by atoms with Crippen LogP contribution in [0.1, 0.15) is 54.2 Å². The minimum atomic E-state index is -3.76. The number of sulfonamides is 1. The van der Waals surface area contributed by atoms with E-state index >= 15 is 0 Å². The molecule has 1 saturated heterocycles. The summed E-state index contributed by atoms with van der Waals surface area (Å²) in [6.07, 6.45) is 3.63. The molecule has 0 aliphatic carbocycles. The molecular formula is C30H37N3O7S. The van der Waals surface area contributed by atoms with E-state index in [9.17, 15) is 18.0 Å². The highest BCUT2D eigenvalue weighted by atomic mass is 32.2. The third-order valence-electron chi connectivity index (χ3n) is 8.22. The molecule has 5 rings (SSSR count). The number of fused-ring (bicyclic) bond motifs is 2. The standard InChI is InChI=1S/C30H37N3O7S/c1-5-21(6-2)33-19-25(22-16-26(38-3)27(39-4)17-23(22)30(33)35)29(34)31-11-10-20-8-7-9-28(24(20)18-31)41(36,37)32-12-14-40-15-13-32/h7-9,16-17,19,21H,5-6,10-15,18H2,1-4H3. The number of carbonyl (C=O) groups is 1. The lowest BCUT2D eigenvalue weighted by Gasteiger charge is -2.33. The lowest BCUT2D eigenvalue weighted by atomic mass is 9.98. The van der Waals surface area contributed by atoms with Gasteiger partial charge in [0.1, 0.15) is 0 Å². The molecule has 1 amide bonds. The Labute approximate surface area is 240 Å². The number of morpholine rings is 1. The molecule has 11 heteroatoms. The summed E-state index contributed by atoms with van der Waals surface area (Å²) in [4.78, 5) is 29.8. The number of pyridine rings is 1. The fourth-order valence-electron chi connectivity index (χ4n) is 5.87. The topological polar surface area (TPSA) is 107 Å². The molecule has 10 nitrogen and oxygen atoms in total. The van der Waals surface area contributed by atoms with E-state index in [1.165, 1.54) is 18.5 Å². The van der Waals surface area contributed by atoms with E-state index in [2.05, 4.69) is 0 Å². The summed E-state index contributed by atoms with van der Waals surface area (Å²) in [6.45, 7) is 5.89. The first-order valence-electron chi connectivity index (χ1n) is 14.0. The summed E-state index contributed by atoms with van der Waals surface area (Å²) >= 11 is 0. The van der Waals surface area contributed by atoms with Gasteiger partial charge in [0.15, 0.2) is 11.5 Å². The molecule has 2 aromatic carbocycles. The maximum Gasteiger partial charge on any atom is 0.258 e. The van der Waals surface area contributed by atoms with Gasteiger partial charge in [0.25, 0.3) is 11.5 Å². The molecular weight excluding hydrogens is 546 g/mol. The maximum absolute atomic E-state index is 14.3. The largest absolute Gasteiger partial charge is 0.493 e. The van der Waals surface area contributed by atoms with Crippen LogP contribution in [-0.2, 0) is 27.7 Å². The first-order valence-corrected chi connectivity index (χ1v) is 15.5. The van der Waals surface area contributed by atoms with Gasteiger partial charge in [-0.3, -0.25) is 9.59 Å². The van der Waals surface area contributed by atoms with Gasteiger partial charge >= 0.3 is 0 Å². The van der Waals surface area contributed by atoms with Crippen LogP contribution >= 0.6 is 0 Å². The van der Waals surface area contributed by atoms with Crippen LogP contribution in [0.2, 0.25) is 0 Å². The monoisotopic (exact) mass is 583 g/mol. The number of benzene rings is 2.